The van der Waals surface area contributed by atoms with Crippen molar-refractivity contribution in [1.29, 1.82) is 5.26 Å². The third kappa shape index (κ3) is 7.41. The number of aromatic nitrogens is 3. The zero-order valence-electron chi connectivity index (χ0n) is 25.9. The number of nitrogens with zero attached hydrogens (tertiary/aromatic N) is 8. The van der Waals surface area contributed by atoms with Crippen LogP contribution in [0, 0.1) is 11.3 Å². The quantitative estimate of drug-likeness (QED) is 0.352. The number of likely N-dealkylation sites (tertiary alicyclic amines) is 1. The van der Waals surface area contributed by atoms with Crippen molar-refractivity contribution in [2.24, 2.45) is 4.99 Å². The van der Waals surface area contributed by atoms with Crippen molar-refractivity contribution in [3.05, 3.63) is 54.4 Å². The molecule has 13 heteroatoms. The summed E-state index contributed by atoms with van der Waals surface area (Å²) in [6.07, 6.45) is 2.37. The number of carbonyl (C=O) groups excluding carboxylic acids is 1. The summed E-state index contributed by atoms with van der Waals surface area (Å²) in [5.74, 6) is 0.862. The van der Waals surface area contributed by atoms with Gasteiger partial charge in [0, 0.05) is 69.3 Å². The van der Waals surface area contributed by atoms with E-state index in [-0.39, 0.29) is 30.2 Å². The highest BCUT2D eigenvalue weighted by molar-refractivity contribution is 5.89. The molecule has 1 N–H and O–H groups in total. The van der Waals surface area contributed by atoms with Crippen LogP contribution in [0.25, 0.3) is 11.4 Å². The van der Waals surface area contributed by atoms with Crippen molar-refractivity contribution in [3.8, 4) is 23.2 Å². The van der Waals surface area contributed by atoms with Gasteiger partial charge in [0.25, 0.3) is 0 Å². The number of halogens is 1. The van der Waals surface area contributed by atoms with E-state index in [4.69, 9.17) is 9.47 Å². The van der Waals surface area contributed by atoms with E-state index in [0.717, 1.165) is 51.5 Å². The molecule has 0 saturated carbocycles. The van der Waals surface area contributed by atoms with Crippen LogP contribution in [-0.2, 0) is 9.53 Å². The molecule has 3 fully saturated rings. The summed E-state index contributed by atoms with van der Waals surface area (Å²) in [4.78, 5) is 35.7. The minimum Gasteiger partial charge on any atom is -0.486 e. The molecule has 4 heterocycles. The number of hydrogen-bond acceptors (Lipinski definition) is 11. The van der Waals surface area contributed by atoms with Gasteiger partial charge in [-0.15, -0.1) is 0 Å². The van der Waals surface area contributed by atoms with Gasteiger partial charge in [-0.2, -0.15) is 10.2 Å². The molecule has 3 saturated heterocycles. The van der Waals surface area contributed by atoms with E-state index in [1.165, 1.54) is 23.1 Å². The van der Waals surface area contributed by atoms with Gasteiger partial charge in [0.05, 0.1) is 37.8 Å². The number of ether oxygens (including phenoxy) is 2. The molecular formula is C33H38FN9O3. The molecule has 0 radical (unpaired) electrons. The Morgan fingerprint density at radius 2 is 2.00 bits per heavy atom. The number of nitriles is 1. The number of alkyl halides is 1. The summed E-state index contributed by atoms with van der Waals surface area (Å²) in [6.45, 7) is 6.16. The Morgan fingerprint density at radius 3 is 2.74 bits per heavy atom. The fourth-order valence-corrected chi connectivity index (χ4v) is 5.94. The highest BCUT2D eigenvalue weighted by Crippen LogP contribution is 2.29. The summed E-state index contributed by atoms with van der Waals surface area (Å²) < 4.78 is 26.3. The van der Waals surface area contributed by atoms with E-state index in [1.807, 2.05) is 12.1 Å². The van der Waals surface area contributed by atoms with Crippen LogP contribution in [0.15, 0.2) is 53.8 Å². The number of nitrogens with one attached hydrogen (secondary N) is 1. The van der Waals surface area contributed by atoms with Crippen LogP contribution in [0.1, 0.15) is 24.8 Å². The highest BCUT2D eigenvalue weighted by Gasteiger charge is 2.33. The van der Waals surface area contributed by atoms with Crippen molar-refractivity contribution in [2.45, 2.75) is 37.6 Å². The molecule has 3 aromatic rings. The van der Waals surface area contributed by atoms with Crippen LogP contribution in [0.4, 0.5) is 21.7 Å². The van der Waals surface area contributed by atoms with Gasteiger partial charge < -0.3 is 29.6 Å². The van der Waals surface area contributed by atoms with Crippen LogP contribution < -0.4 is 15.0 Å². The summed E-state index contributed by atoms with van der Waals surface area (Å²) >= 11 is 0. The van der Waals surface area contributed by atoms with Crippen LogP contribution in [0.3, 0.4) is 0 Å². The van der Waals surface area contributed by atoms with E-state index in [2.05, 4.69) is 53.3 Å². The highest BCUT2D eigenvalue weighted by atomic mass is 19.1. The normalized spacial score (nSPS) is 21.0. The molecular weight excluding hydrogens is 589 g/mol. The van der Waals surface area contributed by atoms with Crippen molar-refractivity contribution in [3.63, 3.8) is 0 Å². The zero-order chi connectivity index (χ0) is 31.9. The smallest absolute Gasteiger partial charge is 0.230 e. The lowest BCUT2D eigenvalue weighted by atomic mass is 10.0. The molecule has 1 amide bonds. The van der Waals surface area contributed by atoms with Crippen LogP contribution in [0.2, 0.25) is 0 Å². The second-order valence-electron chi connectivity index (χ2n) is 11.6. The number of benzene rings is 2. The first-order chi connectivity index (χ1) is 22.5. The predicted octanol–water partition coefficient (Wildman–Crippen LogP) is 3.47. The summed E-state index contributed by atoms with van der Waals surface area (Å²) in [6, 6.07) is 15.9. The molecule has 6 rings (SSSR count). The van der Waals surface area contributed by atoms with E-state index < -0.39 is 12.3 Å². The molecule has 2 atom stereocenters. The van der Waals surface area contributed by atoms with Gasteiger partial charge in [-0.25, -0.2) is 14.4 Å². The lowest BCUT2D eigenvalue weighted by molar-refractivity contribution is -0.133. The van der Waals surface area contributed by atoms with E-state index in [9.17, 15) is 14.4 Å². The number of anilines is 3. The maximum Gasteiger partial charge on any atom is 0.230 e. The first kappa shape index (κ1) is 31.3. The minimum absolute atomic E-state index is 0.0576. The van der Waals surface area contributed by atoms with Crippen molar-refractivity contribution < 1.29 is 18.7 Å². The monoisotopic (exact) mass is 627 g/mol. The van der Waals surface area contributed by atoms with Crippen LogP contribution in [0.5, 0.6) is 5.75 Å². The number of rotatable bonds is 9. The maximum atomic E-state index is 15.0. The zero-order valence-corrected chi connectivity index (χ0v) is 25.9. The topological polar surface area (TPSA) is 132 Å². The van der Waals surface area contributed by atoms with Gasteiger partial charge >= 0.3 is 0 Å². The van der Waals surface area contributed by atoms with Gasteiger partial charge in [-0.3, -0.25) is 9.69 Å². The molecule has 3 aliphatic rings. The maximum absolute atomic E-state index is 15.0. The largest absolute Gasteiger partial charge is 0.486 e. The molecule has 0 unspecified atom stereocenters. The van der Waals surface area contributed by atoms with Gasteiger partial charge in [0.1, 0.15) is 24.3 Å². The molecule has 0 bridgehead atoms. The van der Waals surface area contributed by atoms with E-state index in [1.54, 1.807) is 25.2 Å². The Morgan fingerprint density at radius 1 is 1.15 bits per heavy atom. The second kappa shape index (κ2) is 14.6. The third-order valence-corrected chi connectivity index (χ3v) is 8.65. The lowest BCUT2D eigenvalue weighted by Gasteiger charge is -2.36. The van der Waals surface area contributed by atoms with Gasteiger partial charge in [-0.05, 0) is 48.9 Å². The molecule has 3 aliphatic heterocycles. The fourth-order valence-electron chi connectivity index (χ4n) is 5.94. The Hall–Kier alpha value is -4.67. The summed E-state index contributed by atoms with van der Waals surface area (Å²) in [5, 5.41) is 13.1. The van der Waals surface area contributed by atoms with Gasteiger partial charge in [0.2, 0.25) is 11.9 Å². The Balaban J connectivity index is 1.07. The number of piperidine rings is 1. The fraction of sp³-hybridized carbons (Fsp3) is 0.455. The molecule has 240 valence electrons. The Bertz CT molecular complexity index is 1580. The first-order valence-corrected chi connectivity index (χ1v) is 15.7. The standard InChI is InChI=1S/C33H38FN9O3/c1-36-11-9-31(44)43-14-10-30(28(34)19-43)46-29-8-3-23(17-24(29)18-35)32-37-22-38-33(40-32)39-25-4-6-26(7-5-25)41-12-2-13-42(16-15-41)27-20-45-21-27/h3-8,11,17,22,27-28,30H,2,9-10,12-16,19-21H2,1H3,(H,37,38,39,40)/t28-,30+/m1/s1. The van der Waals surface area contributed by atoms with E-state index in [0.29, 0.717) is 36.3 Å². The van der Waals surface area contributed by atoms with Crippen molar-refractivity contribution >= 4 is 29.4 Å². The average Bonchev–Trinajstić information content (AvgIpc) is 3.30. The van der Waals surface area contributed by atoms with Crippen LogP contribution >= 0.6 is 0 Å². The molecule has 2 aromatic carbocycles. The number of aliphatic imine (C=N–C) groups is 1. The van der Waals surface area contributed by atoms with Crippen molar-refractivity contribution in [1.82, 2.24) is 24.8 Å². The van der Waals surface area contributed by atoms with E-state index >= 15 is 0 Å². The summed E-state index contributed by atoms with van der Waals surface area (Å²) in [5.41, 5.74) is 2.87. The molecule has 0 aliphatic carbocycles. The van der Waals surface area contributed by atoms with Gasteiger partial charge in [-0.1, -0.05) is 0 Å². The lowest BCUT2D eigenvalue weighted by Crippen LogP contribution is -2.50. The number of hydrogen-bond donors (Lipinski definition) is 1. The second-order valence-corrected chi connectivity index (χ2v) is 11.6. The molecule has 46 heavy (non-hydrogen) atoms. The summed E-state index contributed by atoms with van der Waals surface area (Å²) in [7, 11) is 1.59. The minimum atomic E-state index is -1.38. The molecule has 0 spiro atoms. The number of carbonyl (C=O) groups is 1. The van der Waals surface area contributed by atoms with Crippen molar-refractivity contribution in [2.75, 3.05) is 69.7 Å². The average molecular weight is 628 g/mol. The van der Waals surface area contributed by atoms with Crippen LogP contribution in [-0.4, -0.2) is 115 Å². The molecule has 1 aromatic heterocycles. The number of amides is 1. The molecule has 12 nitrogen and oxygen atoms in total. The Kier molecular flexibility index (Phi) is 9.95. The van der Waals surface area contributed by atoms with Gasteiger partial charge in [0.15, 0.2) is 12.0 Å². The third-order valence-electron chi connectivity index (χ3n) is 8.65. The SMILES string of the molecule is CN=CCC(=O)N1CC[C@H](Oc2ccc(-c3ncnc(Nc4ccc(N5CCCN(C6COC6)CC5)cc4)n3)cc2C#N)[C@H](F)C1. The first-order valence-electron chi connectivity index (χ1n) is 15.7. The Labute approximate surface area is 267 Å². The predicted molar refractivity (Wildman–Crippen MR) is 172 cm³/mol.